The highest BCUT2D eigenvalue weighted by Gasteiger charge is 2.24. The first-order valence-electron chi connectivity index (χ1n) is 8.09. The normalized spacial score (nSPS) is 12.0. The van der Waals surface area contributed by atoms with Gasteiger partial charge in [-0.05, 0) is 25.7 Å². The highest BCUT2D eigenvalue weighted by atomic mass is 15.3. The molecule has 0 aromatic heterocycles. The second-order valence-electron chi connectivity index (χ2n) is 5.65. The molecule has 0 aliphatic heterocycles. The predicted octanol–water partition coefficient (Wildman–Crippen LogP) is 5.12. The van der Waals surface area contributed by atoms with Gasteiger partial charge in [0.05, 0.1) is 26.2 Å². The quantitative estimate of drug-likeness (QED) is 0.418. The molecule has 17 heavy (non-hydrogen) atoms. The van der Waals surface area contributed by atoms with E-state index in [4.69, 9.17) is 0 Å². The fourth-order valence-corrected chi connectivity index (χ4v) is 2.64. The monoisotopic (exact) mass is 243 g/mol. The molecule has 0 bridgehead atoms. The lowest BCUT2D eigenvalue weighted by Crippen LogP contribution is -2.50. The molecular formula is C16H37N. The fraction of sp³-hybridized carbons (Fsp3) is 1.00. The number of hydrogen-bond donors (Lipinski definition) is 0. The summed E-state index contributed by atoms with van der Waals surface area (Å²) in [6, 6.07) is 0. The molecule has 0 amide bonds. The highest BCUT2D eigenvalue weighted by Crippen LogP contribution is 2.16. The van der Waals surface area contributed by atoms with Crippen molar-refractivity contribution in [1.82, 2.24) is 0 Å². The third-order valence-corrected chi connectivity index (χ3v) is 3.94. The van der Waals surface area contributed by atoms with E-state index in [1.54, 1.807) is 0 Å². The lowest BCUT2D eigenvalue weighted by Gasteiger charge is -2.39. The van der Waals surface area contributed by atoms with Crippen molar-refractivity contribution < 1.29 is 5.91 Å². The smallest absolute Gasteiger partial charge is 0.0786 e. The average molecular weight is 243 g/mol. The van der Waals surface area contributed by atoms with Gasteiger partial charge < -0.3 is 5.91 Å². The van der Waals surface area contributed by atoms with E-state index >= 15 is 0 Å². The predicted molar refractivity (Wildman–Crippen MR) is 80.5 cm³/mol. The van der Waals surface area contributed by atoms with Crippen LogP contribution in [0.25, 0.3) is 0 Å². The topological polar surface area (TPSA) is 0 Å². The molecule has 1 heteroatoms. The van der Waals surface area contributed by atoms with E-state index in [1.807, 2.05) is 0 Å². The first-order valence-corrected chi connectivity index (χ1v) is 8.09. The van der Waals surface area contributed by atoms with Crippen LogP contribution in [0.4, 0.5) is 0 Å². The van der Waals surface area contributed by atoms with Gasteiger partial charge in [-0.2, -0.15) is 0 Å². The van der Waals surface area contributed by atoms with Gasteiger partial charge in [-0.15, -0.1) is 0 Å². The van der Waals surface area contributed by atoms with Crippen LogP contribution in [0.5, 0.6) is 0 Å². The highest BCUT2D eigenvalue weighted by molar-refractivity contribution is 4.49. The lowest BCUT2D eigenvalue weighted by molar-refractivity contribution is -0.929. The largest absolute Gasteiger partial charge is 1.00 e. The molecule has 0 saturated heterocycles. The Morgan fingerprint density at radius 2 is 0.765 bits per heavy atom. The first kappa shape index (κ1) is 17.0. The van der Waals surface area contributed by atoms with Gasteiger partial charge in [0.15, 0.2) is 0 Å². The third kappa shape index (κ3) is 7.81. The van der Waals surface area contributed by atoms with E-state index in [9.17, 15) is 0 Å². The van der Waals surface area contributed by atoms with Crippen LogP contribution < -0.4 is 0 Å². The molecule has 0 atom stereocenters. The molecule has 0 N–H and O–H groups in total. The minimum Gasteiger partial charge on any atom is -1.00 e. The summed E-state index contributed by atoms with van der Waals surface area (Å²) in [5.74, 6) is 0. The van der Waals surface area contributed by atoms with Crippen LogP contribution in [0, 0.1) is 0 Å². The summed E-state index contributed by atoms with van der Waals surface area (Å²) in [6.45, 7) is 15.0. The van der Waals surface area contributed by atoms with E-state index in [1.165, 1.54) is 82.0 Å². The van der Waals surface area contributed by atoms with Crippen molar-refractivity contribution in [3.8, 4) is 0 Å². The molecule has 0 saturated carbocycles. The van der Waals surface area contributed by atoms with E-state index in [0.29, 0.717) is 0 Å². The summed E-state index contributed by atoms with van der Waals surface area (Å²) >= 11 is 0. The number of quaternary nitrogens is 1. The van der Waals surface area contributed by atoms with Crippen molar-refractivity contribution in [3.63, 3.8) is 0 Å². The Morgan fingerprint density at radius 1 is 0.529 bits per heavy atom. The summed E-state index contributed by atoms with van der Waals surface area (Å²) in [4.78, 5) is 0. The van der Waals surface area contributed by atoms with Crippen LogP contribution in [0.15, 0.2) is 0 Å². The Labute approximate surface area is 112 Å². The number of nitrogens with zero attached hydrogens (tertiary/aromatic N) is 1. The van der Waals surface area contributed by atoms with Crippen molar-refractivity contribution in [2.45, 2.75) is 79.1 Å². The second-order valence-corrected chi connectivity index (χ2v) is 5.65. The summed E-state index contributed by atoms with van der Waals surface area (Å²) in [6.07, 6.45) is 11.1. The zero-order chi connectivity index (χ0) is 13.0. The Morgan fingerprint density at radius 3 is 0.941 bits per heavy atom. The number of hydrogen-bond acceptors (Lipinski definition) is 0. The molecule has 0 rings (SSSR count). The van der Waals surface area contributed by atoms with Gasteiger partial charge in [0, 0.05) is 0 Å². The maximum absolute atomic E-state index is 2.33. The summed E-state index contributed by atoms with van der Waals surface area (Å²) < 4.78 is 1.42. The van der Waals surface area contributed by atoms with Crippen LogP contribution in [-0.2, 0) is 0 Å². The van der Waals surface area contributed by atoms with Gasteiger partial charge in [0.2, 0.25) is 0 Å². The van der Waals surface area contributed by atoms with E-state index < -0.39 is 0 Å². The van der Waals surface area contributed by atoms with Crippen LogP contribution in [-0.4, -0.2) is 30.7 Å². The van der Waals surface area contributed by atoms with E-state index in [-0.39, 0.29) is 1.43 Å². The van der Waals surface area contributed by atoms with Crippen molar-refractivity contribution in [1.29, 1.82) is 0 Å². The third-order valence-electron chi connectivity index (χ3n) is 3.94. The van der Waals surface area contributed by atoms with Gasteiger partial charge >= 0.3 is 0 Å². The maximum atomic E-state index is 2.33. The fourth-order valence-electron chi connectivity index (χ4n) is 2.64. The van der Waals surface area contributed by atoms with E-state index in [2.05, 4.69) is 27.7 Å². The van der Waals surface area contributed by atoms with Crippen molar-refractivity contribution in [3.05, 3.63) is 0 Å². The first-order chi connectivity index (χ1) is 8.24. The summed E-state index contributed by atoms with van der Waals surface area (Å²) in [7, 11) is 0. The zero-order valence-corrected chi connectivity index (χ0v) is 12.9. The molecule has 0 heterocycles. The van der Waals surface area contributed by atoms with Crippen LogP contribution in [0.1, 0.15) is 80.5 Å². The Balaban J connectivity index is 0. The average Bonchev–Trinajstić information content (AvgIpc) is 2.37. The Hall–Kier alpha value is -0.0400. The van der Waals surface area contributed by atoms with Crippen molar-refractivity contribution in [2.75, 3.05) is 26.2 Å². The number of unbranched alkanes of at least 4 members (excludes halogenated alkanes) is 4. The second kappa shape index (κ2) is 11.1. The van der Waals surface area contributed by atoms with Gasteiger partial charge in [-0.3, -0.25) is 0 Å². The molecule has 0 aliphatic rings. The molecule has 0 fully saturated rings. The minimum absolute atomic E-state index is 0. The molecule has 0 spiro atoms. The van der Waals surface area contributed by atoms with Gasteiger partial charge in [-0.25, -0.2) is 0 Å². The molecule has 0 aromatic rings. The Kier molecular flexibility index (Phi) is 11.0. The molecule has 0 aromatic carbocycles. The Bertz CT molecular complexity index is 122. The molecule has 1 nitrogen and oxygen atoms in total. The van der Waals surface area contributed by atoms with Crippen molar-refractivity contribution >= 4 is 0 Å². The SMILES string of the molecule is CCCC[N+](CCCC)(CCCC)CCCC.[H-]. The summed E-state index contributed by atoms with van der Waals surface area (Å²) in [5, 5.41) is 0. The van der Waals surface area contributed by atoms with Crippen molar-refractivity contribution in [2.24, 2.45) is 0 Å². The molecule has 0 unspecified atom stereocenters. The summed E-state index contributed by atoms with van der Waals surface area (Å²) in [5.41, 5.74) is 0. The molecule has 0 aliphatic carbocycles. The van der Waals surface area contributed by atoms with Gasteiger partial charge in [0.1, 0.15) is 0 Å². The number of rotatable bonds is 12. The molecular weight excluding hydrogens is 206 g/mol. The lowest BCUT2D eigenvalue weighted by atomic mass is 10.1. The zero-order valence-electron chi connectivity index (χ0n) is 13.9. The van der Waals surface area contributed by atoms with Crippen LogP contribution in [0.2, 0.25) is 0 Å². The standard InChI is InChI=1S/C16H36N.H/c1-5-9-13-17(14-10-6-2,15-11-7-3)16-12-8-4;/h5-16H2,1-4H3;/q+1;-1. The van der Waals surface area contributed by atoms with Gasteiger partial charge in [-0.1, -0.05) is 53.4 Å². The van der Waals surface area contributed by atoms with Crippen LogP contribution in [0.3, 0.4) is 0 Å². The molecule has 106 valence electrons. The van der Waals surface area contributed by atoms with Crippen LogP contribution >= 0.6 is 0 Å². The maximum Gasteiger partial charge on any atom is 0.0786 e. The van der Waals surface area contributed by atoms with Gasteiger partial charge in [0.25, 0.3) is 0 Å². The molecule has 0 radical (unpaired) electrons. The minimum atomic E-state index is 0. The van der Waals surface area contributed by atoms with E-state index in [0.717, 1.165) is 0 Å².